The van der Waals surface area contributed by atoms with Gasteiger partial charge in [-0.2, -0.15) is 13.2 Å². The van der Waals surface area contributed by atoms with E-state index in [2.05, 4.69) is 0 Å². The summed E-state index contributed by atoms with van der Waals surface area (Å²) in [5, 5.41) is 18.3. The first kappa shape index (κ1) is 18.9. The number of aliphatic hydroxyl groups is 2. The number of aliphatic hydroxyl groups excluding tert-OH is 2. The van der Waals surface area contributed by atoms with Gasteiger partial charge >= 0.3 is 6.18 Å². The molecule has 116 valence electrons. The minimum atomic E-state index is -4.49. The monoisotopic (exact) mass is 302 g/mol. The van der Waals surface area contributed by atoms with E-state index in [0.717, 1.165) is 0 Å². The van der Waals surface area contributed by atoms with E-state index in [0.29, 0.717) is 0 Å². The lowest BCUT2D eigenvalue weighted by Crippen LogP contribution is -2.43. The molecule has 0 rings (SSSR count). The molecule has 0 amide bonds. The van der Waals surface area contributed by atoms with Gasteiger partial charge in [0.25, 0.3) is 0 Å². The molecule has 0 radical (unpaired) electrons. The maximum absolute atomic E-state index is 12.4. The van der Waals surface area contributed by atoms with Crippen LogP contribution in [-0.2, 0) is 4.43 Å². The molecule has 0 bridgehead atoms. The van der Waals surface area contributed by atoms with Crippen molar-refractivity contribution in [1.29, 1.82) is 0 Å². The molecule has 0 heterocycles. The van der Waals surface area contributed by atoms with Crippen LogP contribution in [0.2, 0.25) is 18.1 Å². The molecule has 0 aliphatic heterocycles. The highest BCUT2D eigenvalue weighted by Gasteiger charge is 2.41. The Morgan fingerprint density at radius 2 is 1.63 bits per heavy atom. The number of alkyl halides is 3. The van der Waals surface area contributed by atoms with Crippen LogP contribution in [0.3, 0.4) is 0 Å². The molecule has 0 spiro atoms. The molecule has 2 atom stereocenters. The maximum atomic E-state index is 12.4. The lowest BCUT2D eigenvalue weighted by atomic mass is 10.0. The van der Waals surface area contributed by atoms with E-state index in [9.17, 15) is 18.3 Å². The van der Waals surface area contributed by atoms with Crippen molar-refractivity contribution in [2.24, 2.45) is 5.92 Å². The first-order chi connectivity index (χ1) is 8.31. The molecule has 0 aliphatic carbocycles. The van der Waals surface area contributed by atoms with Crippen LogP contribution in [-0.4, -0.2) is 44.0 Å². The smallest absolute Gasteiger partial charge is 0.394 e. The minimum Gasteiger partial charge on any atom is -0.414 e. The van der Waals surface area contributed by atoms with Crippen molar-refractivity contribution >= 4 is 8.32 Å². The van der Waals surface area contributed by atoms with Crippen LogP contribution in [0.5, 0.6) is 0 Å². The van der Waals surface area contributed by atoms with Crippen LogP contribution < -0.4 is 0 Å². The normalized spacial score (nSPS) is 17.4. The summed E-state index contributed by atoms with van der Waals surface area (Å²) in [7, 11) is -2.08. The molecule has 3 nitrogen and oxygen atoms in total. The van der Waals surface area contributed by atoms with E-state index in [1.54, 1.807) is 0 Å². The largest absolute Gasteiger partial charge is 0.414 e. The maximum Gasteiger partial charge on any atom is 0.394 e. The summed E-state index contributed by atoms with van der Waals surface area (Å²) in [6.45, 7) is 8.83. The van der Waals surface area contributed by atoms with Crippen molar-refractivity contribution in [3.05, 3.63) is 0 Å². The zero-order chi connectivity index (χ0) is 15.5. The van der Waals surface area contributed by atoms with E-state index < -0.39 is 39.5 Å². The molecule has 0 unspecified atom stereocenters. The highest BCUT2D eigenvalue weighted by atomic mass is 28.4. The van der Waals surface area contributed by atoms with Gasteiger partial charge in [-0.3, -0.25) is 0 Å². The molecule has 0 aromatic rings. The summed E-state index contributed by atoms with van der Waals surface area (Å²) >= 11 is 0. The third kappa shape index (κ3) is 6.24. The lowest BCUT2D eigenvalue weighted by molar-refractivity contribution is -0.191. The van der Waals surface area contributed by atoms with Gasteiger partial charge in [0.05, 0.1) is 25.2 Å². The Morgan fingerprint density at radius 1 is 1.16 bits per heavy atom. The van der Waals surface area contributed by atoms with E-state index in [1.807, 2.05) is 33.9 Å². The first-order valence-electron chi connectivity index (χ1n) is 6.31. The quantitative estimate of drug-likeness (QED) is 0.742. The van der Waals surface area contributed by atoms with Gasteiger partial charge in [0.1, 0.15) is 0 Å². The van der Waals surface area contributed by atoms with Crippen LogP contribution in [0.1, 0.15) is 27.2 Å². The molecule has 0 saturated heterocycles. The SMILES string of the molecule is CC(C)(C)[Si](C)(C)OC[C@@H](O)C[C@H](CO)C(F)(F)F. The van der Waals surface area contributed by atoms with Crippen LogP contribution in [0.25, 0.3) is 0 Å². The van der Waals surface area contributed by atoms with Crippen molar-refractivity contribution in [1.82, 2.24) is 0 Å². The standard InChI is InChI=1S/C12H25F3O3Si/c1-11(2,3)19(4,5)18-8-10(17)6-9(7-16)12(13,14)15/h9-10,16-17H,6-8H2,1-5H3/t9-,10+/m1/s1. The summed E-state index contributed by atoms with van der Waals surface area (Å²) in [6, 6.07) is 0. The predicted molar refractivity (Wildman–Crippen MR) is 70.4 cm³/mol. The van der Waals surface area contributed by atoms with Crippen molar-refractivity contribution in [3.63, 3.8) is 0 Å². The second-order valence-electron chi connectivity index (χ2n) is 6.38. The van der Waals surface area contributed by atoms with E-state index in [-0.39, 0.29) is 11.6 Å². The van der Waals surface area contributed by atoms with Crippen LogP contribution in [0, 0.1) is 5.92 Å². The number of hydrogen-bond donors (Lipinski definition) is 2. The first-order valence-corrected chi connectivity index (χ1v) is 9.21. The molecule has 0 aliphatic rings. The summed E-state index contributed by atoms with van der Waals surface area (Å²) in [4.78, 5) is 0. The van der Waals surface area contributed by atoms with Crippen molar-refractivity contribution in [3.8, 4) is 0 Å². The predicted octanol–water partition coefficient (Wildman–Crippen LogP) is 2.93. The van der Waals surface area contributed by atoms with Gasteiger partial charge in [-0.1, -0.05) is 20.8 Å². The van der Waals surface area contributed by atoms with Gasteiger partial charge in [-0.25, -0.2) is 0 Å². The van der Waals surface area contributed by atoms with E-state index in [1.165, 1.54) is 0 Å². The number of rotatable bonds is 6. The van der Waals surface area contributed by atoms with Crippen molar-refractivity contribution < 1.29 is 27.8 Å². The molecular formula is C12H25F3O3Si. The van der Waals surface area contributed by atoms with Crippen LogP contribution >= 0.6 is 0 Å². The highest BCUT2D eigenvalue weighted by molar-refractivity contribution is 6.74. The molecule has 0 aromatic carbocycles. The zero-order valence-electron chi connectivity index (χ0n) is 12.2. The fourth-order valence-electron chi connectivity index (χ4n) is 1.23. The zero-order valence-corrected chi connectivity index (χ0v) is 13.2. The summed E-state index contributed by atoms with van der Waals surface area (Å²) in [5.41, 5.74) is 0. The Bertz CT molecular complexity index is 274. The Labute approximate surface area is 113 Å². The van der Waals surface area contributed by atoms with Crippen LogP contribution in [0.4, 0.5) is 13.2 Å². The molecular weight excluding hydrogens is 277 g/mol. The number of halogens is 3. The Kier molecular flexibility index (Phi) is 6.52. The second-order valence-corrected chi connectivity index (χ2v) is 11.2. The average Bonchev–Trinajstić information content (AvgIpc) is 2.19. The summed E-state index contributed by atoms with van der Waals surface area (Å²) in [6.07, 6.45) is -6.24. The Balaban J connectivity index is 4.37. The molecule has 2 N–H and O–H groups in total. The van der Waals surface area contributed by atoms with Gasteiger partial charge in [0.15, 0.2) is 8.32 Å². The second kappa shape index (κ2) is 6.56. The minimum absolute atomic E-state index is 0.0624. The van der Waals surface area contributed by atoms with Gasteiger partial charge in [0, 0.05) is 0 Å². The van der Waals surface area contributed by atoms with E-state index >= 15 is 0 Å². The third-order valence-electron chi connectivity index (χ3n) is 3.68. The third-order valence-corrected chi connectivity index (χ3v) is 8.18. The fourth-order valence-corrected chi connectivity index (χ4v) is 2.27. The molecule has 0 fully saturated rings. The van der Waals surface area contributed by atoms with Crippen molar-refractivity contribution in [2.45, 2.75) is 57.6 Å². The topological polar surface area (TPSA) is 49.7 Å². The number of hydrogen-bond acceptors (Lipinski definition) is 3. The molecule has 0 saturated carbocycles. The fraction of sp³-hybridized carbons (Fsp3) is 1.00. The average molecular weight is 302 g/mol. The molecule has 19 heavy (non-hydrogen) atoms. The van der Waals surface area contributed by atoms with Crippen molar-refractivity contribution in [2.75, 3.05) is 13.2 Å². The van der Waals surface area contributed by atoms with E-state index in [4.69, 9.17) is 9.53 Å². The van der Waals surface area contributed by atoms with Crippen LogP contribution in [0.15, 0.2) is 0 Å². The Morgan fingerprint density at radius 3 is 1.95 bits per heavy atom. The van der Waals surface area contributed by atoms with Gasteiger partial charge in [-0.15, -0.1) is 0 Å². The van der Waals surface area contributed by atoms with Gasteiger partial charge in [-0.05, 0) is 24.6 Å². The summed E-state index contributed by atoms with van der Waals surface area (Å²) < 4.78 is 43.0. The summed E-state index contributed by atoms with van der Waals surface area (Å²) in [5.74, 6) is -1.90. The van der Waals surface area contributed by atoms with Gasteiger partial charge < -0.3 is 14.6 Å². The highest BCUT2D eigenvalue weighted by Crippen LogP contribution is 2.37. The Hall–Kier alpha value is -0.113. The molecule has 0 aromatic heterocycles. The molecule has 7 heteroatoms. The van der Waals surface area contributed by atoms with Gasteiger partial charge in [0.2, 0.25) is 0 Å². The lowest BCUT2D eigenvalue weighted by Gasteiger charge is -2.37.